The Balaban J connectivity index is 2.14. The third-order valence-electron chi connectivity index (χ3n) is 2.70. The van der Waals surface area contributed by atoms with E-state index in [9.17, 15) is 0 Å². The number of nitrogens with zero attached hydrogens (tertiary/aromatic N) is 1. The number of hydrogen-bond acceptors (Lipinski definition) is 4. The molecule has 0 saturated carbocycles. The molecule has 4 nitrogen and oxygen atoms in total. The molecule has 2 aliphatic rings. The number of rotatable bonds is 1. The molecule has 0 unspecified atom stereocenters. The summed E-state index contributed by atoms with van der Waals surface area (Å²) in [5.41, 5.74) is 9.35. The molecule has 0 bridgehead atoms. The van der Waals surface area contributed by atoms with Crippen molar-refractivity contribution in [2.45, 2.75) is 6.92 Å². The quantitative estimate of drug-likeness (QED) is 0.530. The molecule has 0 aromatic carbocycles. The topological polar surface area (TPSA) is 53.3 Å². The van der Waals surface area contributed by atoms with Crippen LogP contribution in [0.1, 0.15) is 6.92 Å². The Labute approximate surface area is 84.8 Å². The van der Waals surface area contributed by atoms with Gasteiger partial charge in [0.25, 0.3) is 0 Å². The molecule has 0 amide bonds. The smallest absolute Gasteiger partial charge is 0.0593 e. The normalized spacial score (nSPS) is 23.2. The molecule has 4 heteroatoms. The Morgan fingerprint density at radius 3 is 2.79 bits per heavy atom. The van der Waals surface area contributed by atoms with Gasteiger partial charge in [-0.15, -0.1) is 0 Å². The minimum Gasteiger partial charge on any atom is -0.399 e. The highest BCUT2D eigenvalue weighted by Crippen LogP contribution is 2.14. The Morgan fingerprint density at radius 2 is 2.07 bits per heavy atom. The molecule has 0 aliphatic carbocycles. The third-order valence-corrected chi connectivity index (χ3v) is 2.70. The van der Waals surface area contributed by atoms with Crippen LogP contribution >= 0.6 is 0 Å². The average Bonchev–Trinajstić information content (AvgIpc) is 2.23. The zero-order valence-electron chi connectivity index (χ0n) is 8.64. The summed E-state index contributed by atoms with van der Waals surface area (Å²) in [4.78, 5) is 2.36. The predicted octanol–water partition coefficient (Wildman–Crippen LogP) is -0.431. The lowest BCUT2D eigenvalue weighted by Crippen LogP contribution is -2.44. The summed E-state index contributed by atoms with van der Waals surface area (Å²) >= 11 is 0. The van der Waals surface area contributed by atoms with Gasteiger partial charge >= 0.3 is 0 Å². The fraction of sp³-hybridized carbons (Fsp3) is 0.600. The zero-order valence-corrected chi connectivity index (χ0v) is 8.64. The molecule has 2 rings (SSSR count). The first-order chi connectivity index (χ1) is 6.77. The minimum atomic E-state index is 0.779. The van der Waals surface area contributed by atoms with Crippen molar-refractivity contribution in [3.05, 3.63) is 23.2 Å². The number of allylic oxidation sites excluding steroid dienone is 2. The van der Waals surface area contributed by atoms with E-state index in [1.165, 1.54) is 11.4 Å². The van der Waals surface area contributed by atoms with Crippen LogP contribution in [-0.2, 0) is 0 Å². The number of piperazine rings is 1. The van der Waals surface area contributed by atoms with Gasteiger partial charge in [0.2, 0.25) is 0 Å². The summed E-state index contributed by atoms with van der Waals surface area (Å²) in [5.74, 6) is 0. The summed E-state index contributed by atoms with van der Waals surface area (Å²) in [7, 11) is 0. The summed E-state index contributed by atoms with van der Waals surface area (Å²) < 4.78 is 0. The van der Waals surface area contributed by atoms with Gasteiger partial charge < -0.3 is 21.3 Å². The number of nitrogens with one attached hydrogen (secondary N) is 2. The van der Waals surface area contributed by atoms with Gasteiger partial charge in [-0.1, -0.05) is 0 Å². The molecule has 14 heavy (non-hydrogen) atoms. The van der Waals surface area contributed by atoms with Crippen LogP contribution in [0.3, 0.4) is 0 Å². The second-order valence-corrected chi connectivity index (χ2v) is 3.83. The lowest BCUT2D eigenvalue weighted by atomic mass is 10.1. The molecule has 0 radical (unpaired) electrons. The Morgan fingerprint density at radius 1 is 1.36 bits per heavy atom. The highest BCUT2D eigenvalue weighted by atomic mass is 15.2. The maximum atomic E-state index is 5.98. The second-order valence-electron chi connectivity index (χ2n) is 3.83. The van der Waals surface area contributed by atoms with Gasteiger partial charge in [-0.05, 0) is 13.0 Å². The van der Waals surface area contributed by atoms with E-state index < -0.39 is 0 Å². The first-order valence-corrected chi connectivity index (χ1v) is 5.14. The van der Waals surface area contributed by atoms with Gasteiger partial charge in [-0.3, -0.25) is 0 Å². The van der Waals surface area contributed by atoms with Gasteiger partial charge in [-0.2, -0.15) is 0 Å². The summed E-state index contributed by atoms with van der Waals surface area (Å²) in [6.45, 7) is 7.07. The van der Waals surface area contributed by atoms with Gasteiger partial charge in [0.1, 0.15) is 0 Å². The van der Waals surface area contributed by atoms with Gasteiger partial charge in [0.05, 0.1) is 17.9 Å². The molecule has 4 N–H and O–H groups in total. The molecular formula is C10H18N4. The molecule has 0 aromatic heterocycles. The lowest BCUT2D eigenvalue weighted by molar-refractivity contribution is 0.302. The van der Waals surface area contributed by atoms with E-state index in [0.29, 0.717) is 0 Å². The van der Waals surface area contributed by atoms with Crippen molar-refractivity contribution in [3.8, 4) is 0 Å². The first-order valence-electron chi connectivity index (χ1n) is 5.14. The molecule has 0 atom stereocenters. The average molecular weight is 194 g/mol. The van der Waals surface area contributed by atoms with Crippen molar-refractivity contribution in [3.63, 3.8) is 0 Å². The fourth-order valence-electron chi connectivity index (χ4n) is 1.87. The number of hydrogen-bond donors (Lipinski definition) is 3. The van der Waals surface area contributed by atoms with E-state index in [1.54, 1.807) is 0 Å². The van der Waals surface area contributed by atoms with E-state index in [0.717, 1.165) is 38.4 Å². The Hall–Kier alpha value is -1.16. The SMILES string of the molecule is CC1=CC(N2CCNCC2)=C(N)CN1. The highest BCUT2D eigenvalue weighted by Gasteiger charge is 2.16. The van der Waals surface area contributed by atoms with E-state index in [4.69, 9.17) is 5.73 Å². The lowest BCUT2D eigenvalue weighted by Gasteiger charge is -2.33. The van der Waals surface area contributed by atoms with Crippen LogP contribution in [0.2, 0.25) is 0 Å². The van der Waals surface area contributed by atoms with Crippen molar-refractivity contribution in [1.29, 1.82) is 0 Å². The van der Waals surface area contributed by atoms with E-state index in [2.05, 4.69) is 28.5 Å². The van der Waals surface area contributed by atoms with Crippen LogP contribution in [0.15, 0.2) is 23.2 Å². The fourth-order valence-corrected chi connectivity index (χ4v) is 1.87. The standard InChI is InChI=1S/C10H18N4/c1-8-6-10(9(11)7-13-8)14-4-2-12-3-5-14/h6,12-13H,2-5,7,11H2,1H3. The molecule has 2 heterocycles. The molecule has 0 spiro atoms. The van der Waals surface area contributed by atoms with Crippen molar-refractivity contribution >= 4 is 0 Å². The first kappa shape index (κ1) is 9.40. The van der Waals surface area contributed by atoms with Crippen LogP contribution in [-0.4, -0.2) is 37.6 Å². The van der Waals surface area contributed by atoms with Crippen LogP contribution in [0.25, 0.3) is 0 Å². The third kappa shape index (κ3) is 1.85. The summed E-state index contributed by atoms with van der Waals surface area (Å²) in [5, 5.41) is 6.58. The van der Waals surface area contributed by atoms with Gasteiger partial charge in [0.15, 0.2) is 0 Å². The maximum Gasteiger partial charge on any atom is 0.0593 e. The van der Waals surface area contributed by atoms with Crippen LogP contribution in [0.5, 0.6) is 0 Å². The summed E-state index contributed by atoms with van der Waals surface area (Å²) in [6, 6.07) is 0. The summed E-state index contributed by atoms with van der Waals surface area (Å²) in [6.07, 6.45) is 2.14. The zero-order chi connectivity index (χ0) is 9.97. The van der Waals surface area contributed by atoms with E-state index in [-0.39, 0.29) is 0 Å². The Kier molecular flexibility index (Phi) is 2.63. The van der Waals surface area contributed by atoms with Crippen LogP contribution in [0, 0.1) is 0 Å². The van der Waals surface area contributed by atoms with Crippen molar-refractivity contribution in [1.82, 2.24) is 15.5 Å². The molecule has 2 aliphatic heterocycles. The predicted molar refractivity (Wildman–Crippen MR) is 57.4 cm³/mol. The maximum absolute atomic E-state index is 5.98. The van der Waals surface area contributed by atoms with Gasteiger partial charge in [-0.25, -0.2) is 0 Å². The molecule has 1 saturated heterocycles. The number of nitrogens with two attached hydrogens (primary N) is 1. The van der Waals surface area contributed by atoms with Crippen molar-refractivity contribution in [2.75, 3.05) is 32.7 Å². The highest BCUT2D eigenvalue weighted by molar-refractivity contribution is 5.30. The van der Waals surface area contributed by atoms with E-state index in [1.807, 2.05) is 0 Å². The van der Waals surface area contributed by atoms with Crippen LogP contribution in [0.4, 0.5) is 0 Å². The van der Waals surface area contributed by atoms with Gasteiger partial charge in [0, 0.05) is 31.9 Å². The molecule has 78 valence electrons. The van der Waals surface area contributed by atoms with E-state index >= 15 is 0 Å². The van der Waals surface area contributed by atoms with Crippen LogP contribution < -0.4 is 16.4 Å². The number of dihydropyridines is 1. The largest absolute Gasteiger partial charge is 0.399 e. The minimum absolute atomic E-state index is 0.779. The Bertz CT molecular complexity index is 274. The van der Waals surface area contributed by atoms with Crippen molar-refractivity contribution in [2.24, 2.45) is 5.73 Å². The van der Waals surface area contributed by atoms with Crippen molar-refractivity contribution < 1.29 is 0 Å². The molecule has 0 aromatic rings. The molecular weight excluding hydrogens is 176 g/mol. The molecule has 1 fully saturated rings. The monoisotopic (exact) mass is 194 g/mol. The second kappa shape index (κ2) is 3.92.